The molecule has 6 heteroatoms. The molecular formula is C15H15NO5. The van der Waals surface area contributed by atoms with Crippen molar-refractivity contribution in [1.29, 1.82) is 0 Å². The molecule has 0 spiro atoms. The Kier molecular flexibility index (Phi) is 4.07. The van der Waals surface area contributed by atoms with Gasteiger partial charge in [-0.3, -0.25) is 14.4 Å². The molecule has 0 bridgehead atoms. The Morgan fingerprint density at radius 2 is 1.95 bits per heavy atom. The van der Waals surface area contributed by atoms with Crippen LogP contribution in [0.15, 0.2) is 27.8 Å². The van der Waals surface area contributed by atoms with Gasteiger partial charge in [0.05, 0.1) is 17.9 Å². The molecule has 110 valence electrons. The van der Waals surface area contributed by atoms with Crippen LogP contribution in [0.2, 0.25) is 0 Å². The molecule has 2 aromatic carbocycles. The first kappa shape index (κ1) is 14.8. The second-order valence-corrected chi connectivity index (χ2v) is 4.40. The zero-order valence-corrected chi connectivity index (χ0v) is 11.7. The highest BCUT2D eigenvalue weighted by Crippen LogP contribution is 2.32. The van der Waals surface area contributed by atoms with Crippen LogP contribution < -0.4 is 20.9 Å². The number of rotatable bonds is 6. The van der Waals surface area contributed by atoms with E-state index >= 15 is 0 Å². The van der Waals surface area contributed by atoms with Gasteiger partial charge in [0.15, 0.2) is 11.5 Å². The van der Waals surface area contributed by atoms with Gasteiger partial charge in [-0.1, -0.05) is 13.0 Å². The number of ketones is 1. The second-order valence-electron chi connectivity index (χ2n) is 4.40. The zero-order valence-electron chi connectivity index (χ0n) is 11.7. The van der Waals surface area contributed by atoms with E-state index in [0.717, 1.165) is 0 Å². The number of hydrogen-bond acceptors (Lipinski definition) is 6. The van der Waals surface area contributed by atoms with E-state index in [9.17, 15) is 19.5 Å². The lowest BCUT2D eigenvalue weighted by Crippen LogP contribution is -2.35. The molecule has 0 radical (unpaired) electrons. The summed E-state index contributed by atoms with van der Waals surface area (Å²) in [5.41, 5.74) is -1.05. The van der Waals surface area contributed by atoms with Gasteiger partial charge in [0.1, 0.15) is 11.4 Å². The number of nitrogens with one attached hydrogen (secondary N) is 1. The van der Waals surface area contributed by atoms with Gasteiger partial charge >= 0.3 is 0 Å². The van der Waals surface area contributed by atoms with Gasteiger partial charge in [-0.2, -0.15) is 0 Å². The summed E-state index contributed by atoms with van der Waals surface area (Å²) in [6.07, 6.45) is 0.251. The van der Waals surface area contributed by atoms with Crippen LogP contribution >= 0.6 is 0 Å². The number of hydrogen-bond donors (Lipinski definition) is 2. The Balaban J connectivity index is 2.38. The number of ether oxygens (including phenoxy) is 1. The van der Waals surface area contributed by atoms with Gasteiger partial charge < -0.3 is 15.2 Å². The van der Waals surface area contributed by atoms with Crippen molar-refractivity contribution in [3.8, 4) is 11.5 Å². The molecule has 0 unspecified atom stereocenters. The predicted molar refractivity (Wildman–Crippen MR) is 78.5 cm³/mol. The average molecular weight is 289 g/mol. The minimum Gasteiger partial charge on any atom is -0.505 e. The van der Waals surface area contributed by atoms with E-state index in [1.165, 1.54) is 12.1 Å². The normalized spacial score (nSPS) is 10.6. The van der Waals surface area contributed by atoms with Crippen molar-refractivity contribution in [3.63, 3.8) is 0 Å². The second kappa shape index (κ2) is 5.78. The molecule has 0 aliphatic rings. The largest absolute Gasteiger partial charge is 0.505 e. The molecule has 0 aliphatic heterocycles. The third-order valence-corrected chi connectivity index (χ3v) is 3.07. The van der Waals surface area contributed by atoms with Crippen LogP contribution in [0.25, 0.3) is 0 Å². The van der Waals surface area contributed by atoms with Crippen molar-refractivity contribution < 1.29 is 14.6 Å². The molecule has 0 saturated carbocycles. The van der Waals surface area contributed by atoms with Crippen molar-refractivity contribution in [3.05, 3.63) is 44.2 Å². The Morgan fingerprint density at radius 3 is 2.57 bits per heavy atom. The first-order valence-corrected chi connectivity index (χ1v) is 6.59. The molecule has 2 rings (SSSR count). The molecule has 6 nitrogen and oxygen atoms in total. The Hall–Kier alpha value is -2.63. The van der Waals surface area contributed by atoms with Crippen LogP contribution in [0.5, 0.6) is 11.5 Å². The van der Waals surface area contributed by atoms with Crippen LogP contribution in [-0.2, 0) is 0 Å². The van der Waals surface area contributed by atoms with Gasteiger partial charge in [-0.25, -0.2) is 0 Å². The summed E-state index contributed by atoms with van der Waals surface area (Å²) in [4.78, 5) is 34.6. The Morgan fingerprint density at radius 1 is 1.24 bits per heavy atom. The SMILES string of the molecule is CCOc1c(Nc2cccc(C(=O)CC)c2O)c(=O)c1=O. The Bertz CT molecular complexity index is 756. The van der Waals surface area contributed by atoms with Gasteiger partial charge in [-0.15, -0.1) is 0 Å². The van der Waals surface area contributed by atoms with E-state index in [0.29, 0.717) is 0 Å². The number of carbonyl (C=O) groups excluding carboxylic acids is 1. The van der Waals surface area contributed by atoms with E-state index in [1.807, 2.05) is 0 Å². The lowest BCUT2D eigenvalue weighted by atomic mass is 10.1. The van der Waals surface area contributed by atoms with E-state index in [1.54, 1.807) is 19.9 Å². The topological polar surface area (TPSA) is 92.7 Å². The molecule has 2 aromatic rings. The first-order chi connectivity index (χ1) is 10.0. The average Bonchev–Trinajstić information content (AvgIpc) is 2.51. The van der Waals surface area contributed by atoms with Gasteiger partial charge in [0.2, 0.25) is 0 Å². The summed E-state index contributed by atoms with van der Waals surface area (Å²) < 4.78 is 5.08. The number of anilines is 2. The minimum absolute atomic E-state index is 0.00162. The third kappa shape index (κ3) is 2.52. The van der Waals surface area contributed by atoms with Gasteiger partial charge in [-0.05, 0) is 19.1 Å². The minimum atomic E-state index is -0.704. The number of Topliss-reactive ketones (excluding diaryl/α,β-unsaturated/α-hetero) is 1. The lowest BCUT2D eigenvalue weighted by Gasteiger charge is -2.15. The van der Waals surface area contributed by atoms with Crippen molar-refractivity contribution in [2.75, 3.05) is 11.9 Å². The fourth-order valence-corrected chi connectivity index (χ4v) is 1.96. The van der Waals surface area contributed by atoms with Crippen LogP contribution in [0.3, 0.4) is 0 Å². The van der Waals surface area contributed by atoms with Crippen LogP contribution in [-0.4, -0.2) is 17.5 Å². The zero-order chi connectivity index (χ0) is 15.6. The van der Waals surface area contributed by atoms with Gasteiger partial charge in [0.25, 0.3) is 10.9 Å². The van der Waals surface area contributed by atoms with E-state index < -0.39 is 10.9 Å². The van der Waals surface area contributed by atoms with E-state index in [2.05, 4.69) is 5.32 Å². The van der Waals surface area contributed by atoms with Crippen molar-refractivity contribution in [2.45, 2.75) is 20.3 Å². The number of para-hydroxylation sites is 1. The quantitative estimate of drug-likeness (QED) is 0.478. The fraction of sp³-hybridized carbons (Fsp3) is 0.267. The van der Waals surface area contributed by atoms with Crippen molar-refractivity contribution in [1.82, 2.24) is 0 Å². The summed E-state index contributed by atoms with van der Waals surface area (Å²) in [6, 6.07) is 4.59. The van der Waals surface area contributed by atoms with Crippen molar-refractivity contribution >= 4 is 17.2 Å². The molecule has 0 aromatic heterocycles. The van der Waals surface area contributed by atoms with Crippen LogP contribution in [0.1, 0.15) is 30.6 Å². The number of phenolic OH excluding ortho intramolecular Hbond substituents is 1. The number of aromatic hydroxyl groups is 1. The van der Waals surface area contributed by atoms with E-state index in [-0.39, 0.29) is 47.2 Å². The maximum Gasteiger partial charge on any atom is 0.272 e. The molecule has 0 heterocycles. The number of carbonyl (C=O) groups is 1. The number of benzene rings is 1. The van der Waals surface area contributed by atoms with E-state index in [4.69, 9.17) is 4.74 Å². The first-order valence-electron chi connectivity index (χ1n) is 6.59. The summed E-state index contributed by atoms with van der Waals surface area (Å²) in [7, 11) is 0. The maximum atomic E-state index is 11.7. The fourth-order valence-electron chi connectivity index (χ4n) is 1.96. The molecule has 21 heavy (non-hydrogen) atoms. The molecule has 0 atom stereocenters. The summed E-state index contributed by atoms with van der Waals surface area (Å²) in [5.74, 6) is -0.514. The highest BCUT2D eigenvalue weighted by molar-refractivity contribution is 6.00. The summed E-state index contributed by atoms with van der Waals surface area (Å²) in [6.45, 7) is 3.63. The molecule has 0 saturated heterocycles. The summed E-state index contributed by atoms with van der Waals surface area (Å²) >= 11 is 0. The molecule has 2 N–H and O–H groups in total. The standard InChI is InChI=1S/C15H15NO5/c1-3-10(17)8-6-5-7-9(12(8)18)16-11-13(19)14(20)15(11)21-4-2/h5-7,16,18H,3-4H2,1-2H3. The summed E-state index contributed by atoms with van der Waals surface area (Å²) in [5, 5.41) is 12.7. The Labute approximate surface area is 120 Å². The highest BCUT2D eigenvalue weighted by atomic mass is 16.5. The molecule has 0 amide bonds. The molecule has 0 fully saturated rings. The lowest BCUT2D eigenvalue weighted by molar-refractivity contribution is 0.0985. The van der Waals surface area contributed by atoms with Crippen LogP contribution in [0.4, 0.5) is 11.4 Å². The monoisotopic (exact) mass is 289 g/mol. The van der Waals surface area contributed by atoms with Crippen LogP contribution in [0, 0.1) is 0 Å². The molecular weight excluding hydrogens is 274 g/mol. The smallest absolute Gasteiger partial charge is 0.272 e. The number of phenols is 1. The molecule has 0 aliphatic carbocycles. The van der Waals surface area contributed by atoms with Crippen molar-refractivity contribution in [2.24, 2.45) is 0 Å². The van der Waals surface area contributed by atoms with Gasteiger partial charge in [0, 0.05) is 6.42 Å². The highest BCUT2D eigenvalue weighted by Gasteiger charge is 2.24. The predicted octanol–water partition coefficient (Wildman–Crippen LogP) is 1.72. The third-order valence-electron chi connectivity index (χ3n) is 3.07. The maximum absolute atomic E-state index is 11.7.